The van der Waals surface area contributed by atoms with Gasteiger partial charge in [0.1, 0.15) is 0 Å². The van der Waals surface area contributed by atoms with Crippen molar-refractivity contribution in [1.82, 2.24) is 15.2 Å². The predicted octanol–water partition coefficient (Wildman–Crippen LogP) is 1.51. The van der Waals surface area contributed by atoms with Gasteiger partial charge in [-0.25, -0.2) is 4.98 Å². The topological polar surface area (TPSA) is 41.6 Å². The summed E-state index contributed by atoms with van der Waals surface area (Å²) in [6.45, 7) is 1.98. The third kappa shape index (κ3) is 0.603. The Balaban J connectivity index is 0.000000605. The summed E-state index contributed by atoms with van der Waals surface area (Å²) in [5.74, 6) is 0. The molecule has 0 atom stereocenters. The van der Waals surface area contributed by atoms with Crippen molar-refractivity contribution in [3.63, 3.8) is 0 Å². The molecule has 0 aromatic carbocycles. The molecule has 10 heavy (non-hydrogen) atoms. The van der Waals surface area contributed by atoms with Crippen molar-refractivity contribution in [2.75, 3.05) is 0 Å². The van der Waals surface area contributed by atoms with Crippen LogP contribution >= 0.6 is 0 Å². The number of nitrogens with zero attached hydrogens (tertiary/aromatic N) is 2. The van der Waals surface area contributed by atoms with Crippen molar-refractivity contribution in [3.8, 4) is 0 Å². The number of hydrogen-bond acceptors (Lipinski definition) is 2. The lowest BCUT2D eigenvalue weighted by molar-refractivity contribution is 1.05. The zero-order valence-electron chi connectivity index (χ0n) is 5.63. The zero-order valence-corrected chi connectivity index (χ0v) is 5.63. The molecule has 0 unspecified atom stereocenters. The van der Waals surface area contributed by atoms with Crippen LogP contribution in [0.5, 0.6) is 0 Å². The number of aromatic amines is 1. The highest BCUT2D eigenvalue weighted by Crippen LogP contribution is 2.09. The van der Waals surface area contributed by atoms with Gasteiger partial charge in [-0.3, -0.25) is 5.10 Å². The van der Waals surface area contributed by atoms with E-state index in [1.165, 1.54) is 0 Å². The maximum Gasteiger partial charge on any atom is 0.181 e. The lowest BCUT2D eigenvalue weighted by atomic mass is 10.3. The zero-order chi connectivity index (χ0) is 6.97. The quantitative estimate of drug-likeness (QED) is 0.595. The first-order valence-corrected chi connectivity index (χ1v) is 3.13. The summed E-state index contributed by atoms with van der Waals surface area (Å²) in [5.41, 5.74) is 1.86. The number of H-pyrrole nitrogens is 1. The minimum absolute atomic E-state index is 0. The SMILES string of the molecule is Cc1[nH]nc2ncccc12.[HH]. The van der Waals surface area contributed by atoms with E-state index in [-0.39, 0.29) is 1.43 Å². The highest BCUT2D eigenvalue weighted by atomic mass is 15.1. The monoisotopic (exact) mass is 135 g/mol. The minimum atomic E-state index is 0. The van der Waals surface area contributed by atoms with Crippen LogP contribution in [0.25, 0.3) is 11.0 Å². The third-order valence-corrected chi connectivity index (χ3v) is 1.52. The van der Waals surface area contributed by atoms with Gasteiger partial charge in [0.2, 0.25) is 0 Å². The first-order chi connectivity index (χ1) is 4.88. The Morgan fingerprint density at radius 2 is 2.50 bits per heavy atom. The summed E-state index contributed by atoms with van der Waals surface area (Å²) in [6, 6.07) is 3.91. The number of aryl methyl sites for hydroxylation is 1. The second-order valence-electron chi connectivity index (χ2n) is 2.22. The molecule has 2 aromatic heterocycles. The average molecular weight is 135 g/mol. The number of hydrogen-bond donors (Lipinski definition) is 1. The Bertz CT molecular complexity index is 355. The maximum atomic E-state index is 4.06. The van der Waals surface area contributed by atoms with Crippen molar-refractivity contribution in [3.05, 3.63) is 24.0 Å². The largest absolute Gasteiger partial charge is 0.280 e. The van der Waals surface area contributed by atoms with Crippen LogP contribution in [0.2, 0.25) is 0 Å². The number of nitrogens with one attached hydrogen (secondary N) is 1. The lowest BCUT2D eigenvalue weighted by Gasteiger charge is -1.83. The van der Waals surface area contributed by atoms with Crippen LogP contribution in [0.15, 0.2) is 18.3 Å². The average Bonchev–Trinajstić information content (AvgIpc) is 2.34. The summed E-state index contributed by atoms with van der Waals surface area (Å²) >= 11 is 0. The first kappa shape index (κ1) is 5.41. The molecule has 2 aromatic rings. The van der Waals surface area contributed by atoms with Crippen LogP contribution in [0, 0.1) is 6.92 Å². The normalized spacial score (nSPS) is 10.5. The highest BCUT2D eigenvalue weighted by molar-refractivity contribution is 5.76. The Hall–Kier alpha value is -1.38. The summed E-state index contributed by atoms with van der Waals surface area (Å²) in [6.07, 6.45) is 1.74. The van der Waals surface area contributed by atoms with Crippen molar-refractivity contribution in [2.24, 2.45) is 0 Å². The van der Waals surface area contributed by atoms with E-state index in [2.05, 4.69) is 15.2 Å². The second-order valence-corrected chi connectivity index (χ2v) is 2.22. The highest BCUT2D eigenvalue weighted by Gasteiger charge is 1.97. The van der Waals surface area contributed by atoms with Gasteiger partial charge in [-0.15, -0.1) is 0 Å². The molecule has 2 rings (SSSR count). The van der Waals surface area contributed by atoms with E-state index >= 15 is 0 Å². The number of rotatable bonds is 0. The standard InChI is InChI=1S/C7H7N3.H2/c1-5-6-3-2-4-8-7(6)10-9-5;/h2-4H,1H3,(H,8,9,10);1H. The van der Waals surface area contributed by atoms with Crippen LogP contribution in [0.4, 0.5) is 0 Å². The molecule has 0 saturated carbocycles. The summed E-state index contributed by atoms with van der Waals surface area (Å²) in [4.78, 5) is 4.06. The molecular weight excluding hydrogens is 126 g/mol. The third-order valence-electron chi connectivity index (χ3n) is 1.52. The Morgan fingerprint density at radius 1 is 1.60 bits per heavy atom. The molecule has 0 saturated heterocycles. The van der Waals surface area contributed by atoms with Crippen LogP contribution in [0.3, 0.4) is 0 Å². The number of aromatic nitrogens is 3. The molecule has 0 fully saturated rings. The van der Waals surface area contributed by atoms with Gasteiger partial charge in [0.05, 0.1) is 0 Å². The van der Waals surface area contributed by atoms with Crippen molar-refractivity contribution in [2.45, 2.75) is 6.92 Å². The smallest absolute Gasteiger partial charge is 0.181 e. The van der Waals surface area contributed by atoms with Gasteiger partial charge < -0.3 is 0 Å². The first-order valence-electron chi connectivity index (χ1n) is 3.13. The Labute approximate surface area is 59.6 Å². The van der Waals surface area contributed by atoms with Gasteiger partial charge in [-0.2, -0.15) is 5.10 Å². The Kier molecular flexibility index (Phi) is 0.974. The van der Waals surface area contributed by atoms with Crippen LogP contribution in [0.1, 0.15) is 7.12 Å². The van der Waals surface area contributed by atoms with E-state index in [1.807, 2.05) is 19.1 Å². The van der Waals surface area contributed by atoms with Crippen LogP contribution in [-0.4, -0.2) is 15.2 Å². The Morgan fingerprint density at radius 3 is 3.30 bits per heavy atom. The van der Waals surface area contributed by atoms with E-state index in [0.29, 0.717) is 0 Å². The second kappa shape index (κ2) is 1.80. The summed E-state index contributed by atoms with van der Waals surface area (Å²) in [5, 5.41) is 7.95. The molecule has 2 heterocycles. The lowest BCUT2D eigenvalue weighted by Crippen LogP contribution is -1.72. The molecule has 0 aliphatic rings. The molecule has 3 nitrogen and oxygen atoms in total. The summed E-state index contributed by atoms with van der Waals surface area (Å²) < 4.78 is 0. The maximum absolute atomic E-state index is 4.06. The van der Waals surface area contributed by atoms with Crippen LogP contribution < -0.4 is 0 Å². The van der Waals surface area contributed by atoms with Gasteiger partial charge in [-0.1, -0.05) is 0 Å². The molecule has 0 spiro atoms. The van der Waals surface area contributed by atoms with E-state index in [4.69, 9.17) is 0 Å². The molecule has 3 heteroatoms. The van der Waals surface area contributed by atoms with Crippen LogP contribution in [-0.2, 0) is 0 Å². The molecule has 1 N–H and O–H groups in total. The predicted molar refractivity (Wildman–Crippen MR) is 40.7 cm³/mol. The van der Waals surface area contributed by atoms with Gasteiger partial charge in [-0.05, 0) is 19.1 Å². The van der Waals surface area contributed by atoms with Crippen molar-refractivity contribution in [1.29, 1.82) is 0 Å². The number of fused-ring (bicyclic) bond motifs is 1. The molecule has 52 valence electrons. The van der Waals surface area contributed by atoms with E-state index in [1.54, 1.807) is 6.20 Å². The molecule has 0 amide bonds. The number of pyridine rings is 1. The van der Waals surface area contributed by atoms with Crippen molar-refractivity contribution >= 4 is 11.0 Å². The van der Waals surface area contributed by atoms with Gasteiger partial charge in [0.15, 0.2) is 5.65 Å². The molecular formula is C7H9N3. The fourth-order valence-corrected chi connectivity index (χ4v) is 0.976. The van der Waals surface area contributed by atoms with E-state index < -0.39 is 0 Å². The molecule has 0 bridgehead atoms. The fraction of sp³-hybridized carbons (Fsp3) is 0.143. The fourth-order valence-electron chi connectivity index (χ4n) is 0.976. The molecule has 0 aliphatic heterocycles. The molecule has 0 radical (unpaired) electrons. The minimum Gasteiger partial charge on any atom is -0.280 e. The summed E-state index contributed by atoms with van der Waals surface area (Å²) in [7, 11) is 0. The van der Waals surface area contributed by atoms with E-state index in [9.17, 15) is 0 Å². The van der Waals surface area contributed by atoms with Crippen molar-refractivity contribution < 1.29 is 1.43 Å². The van der Waals surface area contributed by atoms with Gasteiger partial charge in [0, 0.05) is 18.7 Å². The van der Waals surface area contributed by atoms with Gasteiger partial charge in [0.25, 0.3) is 0 Å². The molecule has 0 aliphatic carbocycles. The van der Waals surface area contributed by atoms with Gasteiger partial charge >= 0.3 is 0 Å². The van der Waals surface area contributed by atoms with E-state index in [0.717, 1.165) is 16.7 Å².